The summed E-state index contributed by atoms with van der Waals surface area (Å²) in [7, 11) is 4.28. The highest BCUT2D eigenvalue weighted by Gasteiger charge is 2.26. The molecular formula is C14H23N3. The van der Waals surface area contributed by atoms with Crippen LogP contribution in [0.15, 0.2) is 30.3 Å². The van der Waals surface area contributed by atoms with E-state index in [0.29, 0.717) is 12.1 Å². The first kappa shape index (κ1) is 12.4. The smallest absolute Gasteiger partial charge is 0.0542 e. The zero-order valence-electron chi connectivity index (χ0n) is 11.1. The van der Waals surface area contributed by atoms with E-state index < -0.39 is 0 Å². The highest BCUT2D eigenvalue weighted by atomic mass is 15.3. The van der Waals surface area contributed by atoms with Crippen LogP contribution < -0.4 is 10.2 Å². The number of hydrogen-bond donors (Lipinski definition) is 1. The summed E-state index contributed by atoms with van der Waals surface area (Å²) in [6.45, 7) is 5.49. The van der Waals surface area contributed by atoms with E-state index in [1.807, 2.05) is 0 Å². The number of para-hydroxylation sites is 1. The minimum atomic E-state index is 0.559. The molecular weight excluding hydrogens is 210 g/mol. The number of hydrogen-bond acceptors (Lipinski definition) is 3. The highest BCUT2D eigenvalue weighted by Crippen LogP contribution is 2.19. The van der Waals surface area contributed by atoms with E-state index in [1.54, 1.807) is 0 Å². The topological polar surface area (TPSA) is 18.5 Å². The maximum atomic E-state index is 3.57. The second-order valence-electron chi connectivity index (χ2n) is 5.21. The summed E-state index contributed by atoms with van der Waals surface area (Å²) >= 11 is 0. The van der Waals surface area contributed by atoms with Gasteiger partial charge in [-0.25, -0.2) is 0 Å². The molecule has 2 unspecified atom stereocenters. The van der Waals surface area contributed by atoms with E-state index in [1.165, 1.54) is 5.69 Å². The number of piperazine rings is 1. The van der Waals surface area contributed by atoms with E-state index in [9.17, 15) is 0 Å². The molecule has 2 rings (SSSR count). The number of benzene rings is 1. The lowest BCUT2D eigenvalue weighted by molar-refractivity contribution is 0.317. The quantitative estimate of drug-likeness (QED) is 0.852. The number of nitrogens with one attached hydrogen (secondary N) is 1. The number of anilines is 1. The zero-order valence-corrected chi connectivity index (χ0v) is 11.1. The molecule has 1 fully saturated rings. The van der Waals surface area contributed by atoms with E-state index >= 15 is 0 Å². The highest BCUT2D eigenvalue weighted by molar-refractivity contribution is 5.48. The lowest BCUT2D eigenvalue weighted by atomic mass is 10.1. The second-order valence-corrected chi connectivity index (χ2v) is 5.21. The summed E-state index contributed by atoms with van der Waals surface area (Å²) in [4.78, 5) is 4.79. The molecule has 1 aromatic carbocycles. The molecule has 0 saturated carbocycles. The monoisotopic (exact) mass is 233 g/mol. The van der Waals surface area contributed by atoms with Crippen LogP contribution in [0.5, 0.6) is 0 Å². The molecule has 1 aliphatic rings. The van der Waals surface area contributed by atoms with Crippen molar-refractivity contribution in [3.63, 3.8) is 0 Å². The second kappa shape index (κ2) is 5.52. The molecule has 3 heteroatoms. The third kappa shape index (κ3) is 3.20. The van der Waals surface area contributed by atoms with E-state index in [0.717, 1.165) is 19.6 Å². The molecule has 0 bridgehead atoms. The van der Waals surface area contributed by atoms with Crippen molar-refractivity contribution in [2.45, 2.75) is 19.0 Å². The van der Waals surface area contributed by atoms with Gasteiger partial charge in [-0.2, -0.15) is 0 Å². The lowest BCUT2D eigenvalue weighted by Gasteiger charge is -2.42. The summed E-state index contributed by atoms with van der Waals surface area (Å²) in [6.07, 6.45) is 0. The summed E-state index contributed by atoms with van der Waals surface area (Å²) in [5.74, 6) is 0. The number of likely N-dealkylation sites (N-methyl/N-ethyl adjacent to an activating group) is 1. The molecule has 17 heavy (non-hydrogen) atoms. The molecule has 0 aromatic heterocycles. The van der Waals surface area contributed by atoms with Gasteiger partial charge in [0.25, 0.3) is 0 Å². The number of nitrogens with zero attached hydrogens (tertiary/aromatic N) is 2. The van der Waals surface area contributed by atoms with Gasteiger partial charge in [0.1, 0.15) is 0 Å². The van der Waals surface area contributed by atoms with Crippen LogP contribution >= 0.6 is 0 Å². The Hall–Kier alpha value is -1.06. The molecule has 94 valence electrons. The molecule has 1 N–H and O–H groups in total. The van der Waals surface area contributed by atoms with Gasteiger partial charge in [-0.1, -0.05) is 18.2 Å². The van der Waals surface area contributed by atoms with E-state index in [4.69, 9.17) is 0 Å². The SMILES string of the molecule is CC1CN(c2ccccc2)C(CN(C)C)CN1. The van der Waals surface area contributed by atoms with Crippen LogP contribution in [0.2, 0.25) is 0 Å². The van der Waals surface area contributed by atoms with Crippen LogP contribution in [0.4, 0.5) is 5.69 Å². The first-order chi connectivity index (χ1) is 8.16. The zero-order chi connectivity index (χ0) is 12.3. The molecule has 0 spiro atoms. The normalized spacial score (nSPS) is 25.3. The van der Waals surface area contributed by atoms with Gasteiger partial charge in [-0.3, -0.25) is 0 Å². The van der Waals surface area contributed by atoms with E-state index in [-0.39, 0.29) is 0 Å². The van der Waals surface area contributed by atoms with Crippen molar-refractivity contribution in [1.29, 1.82) is 0 Å². The third-order valence-electron chi connectivity index (χ3n) is 3.28. The summed E-state index contributed by atoms with van der Waals surface area (Å²) < 4.78 is 0. The maximum absolute atomic E-state index is 3.57. The van der Waals surface area contributed by atoms with Gasteiger partial charge in [-0.15, -0.1) is 0 Å². The van der Waals surface area contributed by atoms with E-state index in [2.05, 4.69) is 66.5 Å². The minimum absolute atomic E-state index is 0.559. The van der Waals surface area contributed by atoms with Gasteiger partial charge in [0.05, 0.1) is 6.04 Å². The van der Waals surface area contributed by atoms with Crippen molar-refractivity contribution in [1.82, 2.24) is 10.2 Å². The van der Waals surface area contributed by atoms with Gasteiger partial charge in [-0.05, 0) is 33.2 Å². The Bertz CT molecular complexity index is 337. The summed E-state index contributed by atoms with van der Waals surface area (Å²) in [6, 6.07) is 11.9. The number of rotatable bonds is 3. The average Bonchev–Trinajstić information content (AvgIpc) is 2.32. The molecule has 0 radical (unpaired) electrons. The Kier molecular flexibility index (Phi) is 4.02. The fourth-order valence-corrected chi connectivity index (χ4v) is 2.48. The van der Waals surface area contributed by atoms with Crippen molar-refractivity contribution in [2.75, 3.05) is 38.6 Å². The molecule has 3 nitrogen and oxygen atoms in total. The third-order valence-corrected chi connectivity index (χ3v) is 3.28. The predicted octanol–water partition coefficient (Wildman–Crippen LogP) is 1.41. The van der Waals surface area contributed by atoms with Crippen LogP contribution in [0, 0.1) is 0 Å². The van der Waals surface area contributed by atoms with Gasteiger partial charge < -0.3 is 15.1 Å². The molecule has 1 saturated heterocycles. The molecule has 0 amide bonds. The average molecular weight is 233 g/mol. The Morgan fingerprint density at radius 2 is 2.00 bits per heavy atom. The Labute approximate surface area is 104 Å². The molecule has 1 aromatic rings. The minimum Gasteiger partial charge on any atom is -0.364 e. The van der Waals surface area contributed by atoms with Crippen LogP contribution in [-0.2, 0) is 0 Å². The Morgan fingerprint density at radius 3 is 2.65 bits per heavy atom. The van der Waals surface area contributed by atoms with Gasteiger partial charge in [0, 0.05) is 31.4 Å². The first-order valence-electron chi connectivity index (χ1n) is 6.36. The van der Waals surface area contributed by atoms with Crippen molar-refractivity contribution in [3.05, 3.63) is 30.3 Å². The van der Waals surface area contributed by atoms with Crippen molar-refractivity contribution in [2.24, 2.45) is 0 Å². The van der Waals surface area contributed by atoms with Crippen LogP contribution in [0.25, 0.3) is 0 Å². The summed E-state index contributed by atoms with van der Waals surface area (Å²) in [5, 5.41) is 3.57. The molecule has 1 heterocycles. The fourth-order valence-electron chi connectivity index (χ4n) is 2.48. The first-order valence-corrected chi connectivity index (χ1v) is 6.36. The largest absolute Gasteiger partial charge is 0.364 e. The van der Waals surface area contributed by atoms with Crippen molar-refractivity contribution in [3.8, 4) is 0 Å². The van der Waals surface area contributed by atoms with Crippen LogP contribution in [0.1, 0.15) is 6.92 Å². The standard InChI is InChI=1S/C14H23N3/c1-12-10-17(13-7-5-4-6-8-13)14(9-15-12)11-16(2)3/h4-8,12,14-15H,9-11H2,1-3H3. The predicted molar refractivity (Wildman–Crippen MR) is 73.6 cm³/mol. The van der Waals surface area contributed by atoms with Gasteiger partial charge in [0.2, 0.25) is 0 Å². The molecule has 0 aliphatic carbocycles. The maximum Gasteiger partial charge on any atom is 0.0542 e. The summed E-state index contributed by atoms with van der Waals surface area (Å²) in [5.41, 5.74) is 1.34. The Morgan fingerprint density at radius 1 is 1.29 bits per heavy atom. The fraction of sp³-hybridized carbons (Fsp3) is 0.571. The van der Waals surface area contributed by atoms with Crippen LogP contribution in [-0.4, -0.2) is 50.7 Å². The van der Waals surface area contributed by atoms with Crippen LogP contribution in [0.3, 0.4) is 0 Å². The lowest BCUT2D eigenvalue weighted by Crippen LogP contribution is -2.58. The van der Waals surface area contributed by atoms with Crippen molar-refractivity contribution >= 4 is 5.69 Å². The van der Waals surface area contributed by atoms with Gasteiger partial charge in [0.15, 0.2) is 0 Å². The molecule has 2 atom stereocenters. The molecule has 1 aliphatic heterocycles. The van der Waals surface area contributed by atoms with Crippen molar-refractivity contribution < 1.29 is 0 Å². The van der Waals surface area contributed by atoms with Gasteiger partial charge >= 0.3 is 0 Å². The Balaban J connectivity index is 2.14.